The summed E-state index contributed by atoms with van der Waals surface area (Å²) in [6, 6.07) is 8.26. The molecule has 128 valence electrons. The van der Waals surface area contributed by atoms with Crippen LogP contribution >= 0.6 is 0 Å². The minimum absolute atomic E-state index is 0.0311. The van der Waals surface area contributed by atoms with E-state index in [1.54, 1.807) is 18.2 Å². The Morgan fingerprint density at radius 1 is 1.04 bits per heavy atom. The number of hydrogen-bond donors (Lipinski definition) is 0. The Hall–Kier alpha value is -1.86. The lowest BCUT2D eigenvalue weighted by Crippen LogP contribution is -2.41. The van der Waals surface area contributed by atoms with Gasteiger partial charge in [-0.25, -0.2) is 0 Å². The van der Waals surface area contributed by atoms with Crippen LogP contribution in [0.25, 0.3) is 11.3 Å². The summed E-state index contributed by atoms with van der Waals surface area (Å²) < 4.78 is 47.2. The van der Waals surface area contributed by atoms with E-state index in [9.17, 15) is 8.78 Å². The van der Waals surface area contributed by atoms with Crippen LogP contribution in [0, 0.1) is 0 Å². The zero-order chi connectivity index (χ0) is 17.5. The second-order valence-corrected chi connectivity index (χ2v) is 6.73. The molecule has 2 heterocycles. The van der Waals surface area contributed by atoms with E-state index in [1.165, 1.54) is 18.4 Å². The van der Waals surface area contributed by atoms with Crippen molar-refractivity contribution < 1.29 is 27.2 Å². The van der Waals surface area contributed by atoms with Crippen molar-refractivity contribution in [1.82, 2.24) is 0 Å². The lowest BCUT2D eigenvalue weighted by Gasteiger charge is -2.32. The third-order valence-electron chi connectivity index (χ3n) is 4.49. The molecule has 24 heavy (non-hydrogen) atoms. The first-order valence-electron chi connectivity index (χ1n) is 7.67. The van der Waals surface area contributed by atoms with Gasteiger partial charge in [0.1, 0.15) is 11.5 Å². The van der Waals surface area contributed by atoms with Crippen LogP contribution in [-0.4, -0.2) is 24.9 Å². The highest BCUT2D eigenvalue weighted by molar-refractivity contribution is 6.62. The first-order chi connectivity index (χ1) is 11.2. The zero-order valence-corrected chi connectivity index (χ0v) is 14.0. The van der Waals surface area contributed by atoms with E-state index in [0.717, 1.165) is 0 Å². The maximum Gasteiger partial charge on any atom is 0.494 e. The molecule has 2 aromatic rings. The van der Waals surface area contributed by atoms with Gasteiger partial charge in [-0.2, -0.15) is 8.78 Å². The minimum Gasteiger partial charge on any atom is -0.464 e. The number of furan rings is 1. The normalized spacial score (nSPS) is 19.0. The van der Waals surface area contributed by atoms with Gasteiger partial charge in [-0.3, -0.25) is 0 Å². The molecule has 0 amide bonds. The van der Waals surface area contributed by atoms with Gasteiger partial charge in [-0.05, 0) is 57.4 Å². The van der Waals surface area contributed by atoms with E-state index in [-0.39, 0.29) is 5.75 Å². The largest absolute Gasteiger partial charge is 0.494 e. The molecule has 0 radical (unpaired) electrons. The Bertz CT molecular complexity index is 697. The SMILES string of the molecule is CC1(C)OB(c2cc(OC(F)F)cc(-c3ccco3)c2)OC1(C)C. The number of rotatable bonds is 4. The molecule has 1 aliphatic heterocycles. The maximum absolute atomic E-state index is 12.6. The van der Waals surface area contributed by atoms with Crippen LogP contribution < -0.4 is 10.2 Å². The van der Waals surface area contributed by atoms with Crippen molar-refractivity contribution in [2.45, 2.75) is 45.5 Å². The molecule has 1 fully saturated rings. The standard InChI is InChI=1S/C17H19BF2O4/c1-16(2)17(3,4)24-18(23-16)12-8-11(14-6-5-7-21-14)9-13(10-12)22-15(19)20/h5-10,15H,1-4H3. The molecule has 7 heteroatoms. The fourth-order valence-corrected chi connectivity index (χ4v) is 2.49. The number of ether oxygens (including phenoxy) is 1. The summed E-state index contributed by atoms with van der Waals surface area (Å²) in [5.74, 6) is 0.580. The van der Waals surface area contributed by atoms with Crippen LogP contribution in [0.15, 0.2) is 41.0 Å². The Morgan fingerprint density at radius 3 is 2.25 bits per heavy atom. The fraction of sp³-hybridized carbons (Fsp3) is 0.412. The first-order valence-corrected chi connectivity index (χ1v) is 7.67. The summed E-state index contributed by atoms with van der Waals surface area (Å²) in [6.45, 7) is 4.81. The monoisotopic (exact) mass is 336 g/mol. The predicted molar refractivity (Wildman–Crippen MR) is 86.5 cm³/mol. The summed E-state index contributed by atoms with van der Waals surface area (Å²) in [5, 5.41) is 0. The Morgan fingerprint density at radius 2 is 1.71 bits per heavy atom. The second-order valence-electron chi connectivity index (χ2n) is 6.73. The van der Waals surface area contributed by atoms with Crippen molar-refractivity contribution >= 4 is 12.6 Å². The summed E-state index contributed by atoms with van der Waals surface area (Å²) in [4.78, 5) is 0. The second kappa shape index (κ2) is 5.90. The predicted octanol–water partition coefficient (Wildman–Crippen LogP) is 3.85. The van der Waals surface area contributed by atoms with Crippen molar-refractivity contribution in [2.75, 3.05) is 0 Å². The van der Waals surface area contributed by atoms with Gasteiger partial charge in [0.05, 0.1) is 17.5 Å². The van der Waals surface area contributed by atoms with Gasteiger partial charge >= 0.3 is 13.7 Å². The highest BCUT2D eigenvalue weighted by Crippen LogP contribution is 2.37. The number of alkyl halides is 2. The molecule has 0 N–H and O–H groups in total. The van der Waals surface area contributed by atoms with Gasteiger partial charge in [0.2, 0.25) is 0 Å². The number of hydrogen-bond acceptors (Lipinski definition) is 4. The topological polar surface area (TPSA) is 40.8 Å². The van der Waals surface area contributed by atoms with Crippen LogP contribution in [-0.2, 0) is 9.31 Å². The molecule has 1 aromatic carbocycles. The quantitative estimate of drug-likeness (QED) is 0.796. The van der Waals surface area contributed by atoms with Crippen LogP contribution in [0.1, 0.15) is 27.7 Å². The Kier molecular flexibility index (Phi) is 4.17. The van der Waals surface area contributed by atoms with E-state index >= 15 is 0 Å². The van der Waals surface area contributed by atoms with Crippen molar-refractivity contribution in [3.8, 4) is 17.1 Å². The highest BCUT2D eigenvalue weighted by Gasteiger charge is 2.51. The molecule has 1 aliphatic rings. The molecule has 0 unspecified atom stereocenters. The van der Waals surface area contributed by atoms with E-state index in [0.29, 0.717) is 16.8 Å². The van der Waals surface area contributed by atoms with Crippen LogP contribution in [0.3, 0.4) is 0 Å². The summed E-state index contributed by atoms with van der Waals surface area (Å²) in [6.07, 6.45) is 1.52. The molecule has 1 aromatic heterocycles. The van der Waals surface area contributed by atoms with Gasteiger partial charge < -0.3 is 18.5 Å². The van der Waals surface area contributed by atoms with Gasteiger partial charge in [0.15, 0.2) is 0 Å². The van der Waals surface area contributed by atoms with Crippen LogP contribution in [0.5, 0.6) is 5.75 Å². The average molecular weight is 336 g/mol. The van der Waals surface area contributed by atoms with Crippen molar-refractivity contribution in [2.24, 2.45) is 0 Å². The van der Waals surface area contributed by atoms with E-state index in [4.69, 9.17) is 13.7 Å². The molecular formula is C17H19BF2O4. The average Bonchev–Trinajstić information content (AvgIpc) is 3.05. The summed E-state index contributed by atoms with van der Waals surface area (Å²) in [5.41, 5.74) is 0.158. The van der Waals surface area contributed by atoms with Crippen molar-refractivity contribution in [3.63, 3.8) is 0 Å². The van der Waals surface area contributed by atoms with E-state index in [1.807, 2.05) is 27.7 Å². The molecule has 4 nitrogen and oxygen atoms in total. The lowest BCUT2D eigenvalue weighted by molar-refractivity contribution is -0.0497. The van der Waals surface area contributed by atoms with Crippen molar-refractivity contribution in [1.29, 1.82) is 0 Å². The molecule has 0 spiro atoms. The first kappa shape index (κ1) is 17.0. The number of halogens is 2. The Balaban J connectivity index is 2.00. The molecular weight excluding hydrogens is 317 g/mol. The molecule has 3 rings (SSSR count). The third kappa shape index (κ3) is 3.19. The van der Waals surface area contributed by atoms with Crippen molar-refractivity contribution in [3.05, 3.63) is 36.6 Å². The number of benzene rings is 1. The van der Waals surface area contributed by atoms with Crippen LogP contribution in [0.2, 0.25) is 0 Å². The maximum atomic E-state index is 12.6. The zero-order valence-electron chi connectivity index (χ0n) is 14.0. The molecule has 0 bridgehead atoms. The van der Waals surface area contributed by atoms with E-state index < -0.39 is 24.9 Å². The Labute approximate surface area is 139 Å². The van der Waals surface area contributed by atoms with Gasteiger partial charge in [0.25, 0.3) is 0 Å². The smallest absolute Gasteiger partial charge is 0.464 e. The summed E-state index contributed by atoms with van der Waals surface area (Å²) in [7, 11) is -0.676. The van der Waals surface area contributed by atoms with Gasteiger partial charge in [-0.1, -0.05) is 6.07 Å². The molecule has 0 aliphatic carbocycles. The fourth-order valence-electron chi connectivity index (χ4n) is 2.49. The molecule has 1 saturated heterocycles. The molecule has 0 atom stereocenters. The lowest BCUT2D eigenvalue weighted by atomic mass is 9.78. The van der Waals surface area contributed by atoms with E-state index in [2.05, 4.69) is 4.74 Å². The van der Waals surface area contributed by atoms with Gasteiger partial charge in [0, 0.05) is 5.56 Å². The highest BCUT2D eigenvalue weighted by atomic mass is 19.3. The minimum atomic E-state index is -2.91. The van der Waals surface area contributed by atoms with Gasteiger partial charge in [-0.15, -0.1) is 0 Å². The third-order valence-corrected chi connectivity index (χ3v) is 4.49. The molecule has 0 saturated carbocycles. The summed E-state index contributed by atoms with van der Waals surface area (Å²) >= 11 is 0. The van der Waals surface area contributed by atoms with Crippen LogP contribution in [0.4, 0.5) is 8.78 Å².